The first-order valence-corrected chi connectivity index (χ1v) is 9.25. The van der Waals surface area contributed by atoms with Crippen LogP contribution in [0.1, 0.15) is 39.7 Å². The van der Waals surface area contributed by atoms with Gasteiger partial charge >= 0.3 is 0 Å². The third-order valence-electron chi connectivity index (χ3n) is 4.70. The molecule has 1 aromatic rings. The summed E-state index contributed by atoms with van der Waals surface area (Å²) in [4.78, 5) is 2.54. The summed E-state index contributed by atoms with van der Waals surface area (Å²) >= 11 is 0. The normalized spacial score (nSPS) is 24.4. The SMILES string of the molecule is C.CCC1CN(Cc2ccccc2)CCN1.CCC1CNCCN1. The Morgan fingerprint density at radius 2 is 1.67 bits per heavy atom. The van der Waals surface area contributed by atoms with Crippen LogP contribution in [0.2, 0.25) is 0 Å². The van der Waals surface area contributed by atoms with E-state index in [0.29, 0.717) is 6.04 Å². The summed E-state index contributed by atoms with van der Waals surface area (Å²) in [7, 11) is 0. The van der Waals surface area contributed by atoms with Crippen molar-refractivity contribution in [2.75, 3.05) is 39.3 Å². The molecule has 0 bridgehead atoms. The molecule has 3 rings (SSSR count). The van der Waals surface area contributed by atoms with E-state index in [1.54, 1.807) is 0 Å². The van der Waals surface area contributed by atoms with Gasteiger partial charge in [0, 0.05) is 57.9 Å². The first-order valence-electron chi connectivity index (χ1n) is 9.25. The van der Waals surface area contributed by atoms with Gasteiger partial charge in [-0.3, -0.25) is 4.90 Å². The van der Waals surface area contributed by atoms with Crippen molar-refractivity contribution in [2.24, 2.45) is 0 Å². The summed E-state index contributed by atoms with van der Waals surface area (Å²) in [5.41, 5.74) is 1.43. The minimum atomic E-state index is 0. The molecule has 2 aliphatic rings. The van der Waals surface area contributed by atoms with Gasteiger partial charge in [0.25, 0.3) is 0 Å². The maximum atomic E-state index is 3.54. The molecule has 0 amide bonds. The fourth-order valence-electron chi connectivity index (χ4n) is 3.15. The van der Waals surface area contributed by atoms with E-state index >= 15 is 0 Å². The number of rotatable bonds is 4. The molecule has 4 nitrogen and oxygen atoms in total. The minimum Gasteiger partial charge on any atom is -0.314 e. The van der Waals surface area contributed by atoms with Gasteiger partial charge in [0.15, 0.2) is 0 Å². The molecule has 0 aromatic heterocycles. The number of hydrogen-bond donors (Lipinski definition) is 3. The highest BCUT2D eigenvalue weighted by atomic mass is 15.2. The smallest absolute Gasteiger partial charge is 0.0234 e. The molecule has 2 atom stereocenters. The predicted octanol–water partition coefficient (Wildman–Crippen LogP) is 2.46. The number of piperazine rings is 2. The van der Waals surface area contributed by atoms with Crippen molar-refractivity contribution >= 4 is 0 Å². The highest BCUT2D eigenvalue weighted by molar-refractivity contribution is 5.14. The Hall–Kier alpha value is -0.940. The molecule has 2 fully saturated rings. The van der Waals surface area contributed by atoms with Gasteiger partial charge in [0.05, 0.1) is 0 Å². The lowest BCUT2D eigenvalue weighted by molar-refractivity contribution is 0.190. The summed E-state index contributed by atoms with van der Waals surface area (Å²) < 4.78 is 0. The van der Waals surface area contributed by atoms with Gasteiger partial charge in [-0.05, 0) is 18.4 Å². The molecule has 1 aromatic carbocycles. The van der Waals surface area contributed by atoms with Gasteiger partial charge in [0.1, 0.15) is 0 Å². The summed E-state index contributed by atoms with van der Waals surface area (Å²) in [5.74, 6) is 0. The van der Waals surface area contributed by atoms with E-state index in [4.69, 9.17) is 0 Å². The van der Waals surface area contributed by atoms with Crippen molar-refractivity contribution < 1.29 is 0 Å². The molecular weight excluding hydrogens is 296 g/mol. The average molecular weight is 335 g/mol. The van der Waals surface area contributed by atoms with Crippen LogP contribution >= 0.6 is 0 Å². The lowest BCUT2D eigenvalue weighted by atomic mass is 10.1. The monoisotopic (exact) mass is 334 g/mol. The van der Waals surface area contributed by atoms with Crippen LogP contribution in [-0.2, 0) is 6.54 Å². The third kappa shape index (κ3) is 7.75. The van der Waals surface area contributed by atoms with Gasteiger partial charge in [-0.25, -0.2) is 0 Å². The topological polar surface area (TPSA) is 39.3 Å². The molecule has 2 aliphatic heterocycles. The van der Waals surface area contributed by atoms with Crippen molar-refractivity contribution in [1.29, 1.82) is 0 Å². The van der Waals surface area contributed by atoms with E-state index in [0.717, 1.165) is 38.8 Å². The van der Waals surface area contributed by atoms with Crippen molar-refractivity contribution in [3.05, 3.63) is 35.9 Å². The second-order valence-electron chi connectivity index (χ2n) is 6.54. The fourth-order valence-corrected chi connectivity index (χ4v) is 3.15. The van der Waals surface area contributed by atoms with Crippen molar-refractivity contribution in [3.8, 4) is 0 Å². The van der Waals surface area contributed by atoms with E-state index in [9.17, 15) is 0 Å². The van der Waals surface area contributed by atoms with Crippen LogP contribution in [0, 0.1) is 0 Å². The van der Waals surface area contributed by atoms with E-state index < -0.39 is 0 Å². The molecule has 2 heterocycles. The summed E-state index contributed by atoms with van der Waals surface area (Å²) in [6, 6.07) is 12.2. The average Bonchev–Trinajstić information content (AvgIpc) is 2.64. The second-order valence-corrected chi connectivity index (χ2v) is 6.54. The molecule has 24 heavy (non-hydrogen) atoms. The first-order chi connectivity index (χ1) is 11.3. The molecule has 2 saturated heterocycles. The number of nitrogens with zero attached hydrogens (tertiary/aromatic N) is 1. The number of hydrogen-bond acceptors (Lipinski definition) is 4. The Balaban J connectivity index is 0.000000273. The van der Waals surface area contributed by atoms with E-state index in [1.165, 1.54) is 31.5 Å². The van der Waals surface area contributed by atoms with Gasteiger partial charge in [-0.1, -0.05) is 51.6 Å². The Kier molecular flexibility index (Phi) is 10.9. The van der Waals surface area contributed by atoms with Crippen LogP contribution in [0.3, 0.4) is 0 Å². The Labute approximate surface area is 149 Å². The zero-order valence-electron chi connectivity index (χ0n) is 14.9. The van der Waals surface area contributed by atoms with Crippen LogP contribution < -0.4 is 16.0 Å². The Morgan fingerprint density at radius 1 is 0.958 bits per heavy atom. The highest BCUT2D eigenvalue weighted by Gasteiger charge is 2.17. The van der Waals surface area contributed by atoms with E-state index in [1.807, 2.05) is 0 Å². The zero-order chi connectivity index (χ0) is 16.3. The van der Waals surface area contributed by atoms with Crippen LogP contribution in [-0.4, -0.2) is 56.3 Å². The molecule has 0 spiro atoms. The predicted molar refractivity (Wildman–Crippen MR) is 105 cm³/mol. The first kappa shape index (κ1) is 21.1. The molecule has 138 valence electrons. The van der Waals surface area contributed by atoms with Crippen molar-refractivity contribution in [3.63, 3.8) is 0 Å². The fraction of sp³-hybridized carbons (Fsp3) is 0.700. The molecule has 2 unspecified atom stereocenters. The molecule has 0 saturated carbocycles. The van der Waals surface area contributed by atoms with Crippen molar-refractivity contribution in [1.82, 2.24) is 20.9 Å². The van der Waals surface area contributed by atoms with Crippen LogP contribution in [0.4, 0.5) is 0 Å². The van der Waals surface area contributed by atoms with Crippen molar-refractivity contribution in [2.45, 2.75) is 52.7 Å². The number of nitrogens with one attached hydrogen (secondary N) is 3. The lowest BCUT2D eigenvalue weighted by Crippen LogP contribution is -2.49. The second kappa shape index (κ2) is 12.4. The van der Waals surface area contributed by atoms with E-state index in [-0.39, 0.29) is 7.43 Å². The maximum absolute atomic E-state index is 3.54. The van der Waals surface area contributed by atoms with Gasteiger partial charge in [0.2, 0.25) is 0 Å². The Morgan fingerprint density at radius 3 is 2.25 bits per heavy atom. The lowest BCUT2D eigenvalue weighted by Gasteiger charge is -2.33. The summed E-state index contributed by atoms with van der Waals surface area (Å²) in [6.45, 7) is 12.5. The van der Waals surface area contributed by atoms with Crippen LogP contribution in [0.25, 0.3) is 0 Å². The third-order valence-corrected chi connectivity index (χ3v) is 4.70. The molecule has 0 aliphatic carbocycles. The molecule has 0 radical (unpaired) electrons. The van der Waals surface area contributed by atoms with Gasteiger partial charge < -0.3 is 16.0 Å². The largest absolute Gasteiger partial charge is 0.314 e. The van der Waals surface area contributed by atoms with Crippen LogP contribution in [0.5, 0.6) is 0 Å². The molecule has 4 heteroatoms. The molecular formula is C20H38N4. The standard InChI is InChI=1S/C13H20N2.C6H14N2.CH4/c1-2-13-11-15(9-8-14-13)10-12-6-4-3-5-7-12;1-2-6-5-7-3-4-8-6;/h3-7,13-14H,2,8-11H2,1H3;6-8H,2-5H2,1H3;1H4. The maximum Gasteiger partial charge on any atom is 0.0234 e. The zero-order valence-corrected chi connectivity index (χ0v) is 14.9. The highest BCUT2D eigenvalue weighted by Crippen LogP contribution is 2.08. The van der Waals surface area contributed by atoms with Crippen LogP contribution in [0.15, 0.2) is 30.3 Å². The Bertz CT molecular complexity index is 403. The quantitative estimate of drug-likeness (QED) is 0.791. The summed E-state index contributed by atoms with van der Waals surface area (Å²) in [6.07, 6.45) is 2.47. The van der Waals surface area contributed by atoms with E-state index in [2.05, 4.69) is 65.0 Å². The number of benzene rings is 1. The summed E-state index contributed by atoms with van der Waals surface area (Å²) in [5, 5.41) is 10.3. The van der Waals surface area contributed by atoms with Gasteiger partial charge in [-0.2, -0.15) is 0 Å². The van der Waals surface area contributed by atoms with Gasteiger partial charge in [-0.15, -0.1) is 0 Å². The minimum absolute atomic E-state index is 0. The molecule has 3 N–H and O–H groups in total.